The maximum Gasteiger partial charge on any atom is 0.228 e. The summed E-state index contributed by atoms with van der Waals surface area (Å²) < 4.78 is 27.1. The van der Waals surface area contributed by atoms with Crippen LogP contribution in [-0.2, 0) is 20.6 Å². The van der Waals surface area contributed by atoms with Crippen LogP contribution in [0.4, 0.5) is 5.69 Å². The van der Waals surface area contributed by atoms with Gasteiger partial charge in [0, 0.05) is 23.8 Å². The minimum atomic E-state index is -3.59. The van der Waals surface area contributed by atoms with E-state index in [0.717, 1.165) is 5.56 Å². The lowest BCUT2D eigenvalue weighted by Gasteiger charge is -2.31. The Hall–Kier alpha value is -1.31. The Morgan fingerprint density at radius 3 is 2.55 bits per heavy atom. The van der Waals surface area contributed by atoms with Crippen LogP contribution >= 0.6 is 34.8 Å². The summed E-state index contributed by atoms with van der Waals surface area (Å²) in [5.74, 6) is -0.821. The second kappa shape index (κ2) is 9.23. The Morgan fingerprint density at radius 1 is 1.10 bits per heavy atom. The summed E-state index contributed by atoms with van der Waals surface area (Å²) in [7, 11) is -3.59. The number of carbonyl (C=O) groups excluding carboxylic acids is 1. The first-order chi connectivity index (χ1) is 13.7. The molecule has 156 valence electrons. The lowest BCUT2D eigenvalue weighted by atomic mass is 9.98. The van der Waals surface area contributed by atoms with Gasteiger partial charge in [-0.25, -0.2) is 12.7 Å². The third kappa shape index (κ3) is 5.64. The van der Waals surface area contributed by atoms with E-state index in [1.165, 1.54) is 4.31 Å². The smallest absolute Gasteiger partial charge is 0.228 e. The van der Waals surface area contributed by atoms with Gasteiger partial charge in [-0.15, -0.1) is 0 Å². The van der Waals surface area contributed by atoms with Crippen LogP contribution in [0.5, 0.6) is 0 Å². The molecule has 0 aromatic heterocycles. The van der Waals surface area contributed by atoms with Crippen LogP contribution in [0, 0.1) is 12.8 Å². The highest BCUT2D eigenvalue weighted by atomic mass is 35.5. The number of piperidine rings is 1. The van der Waals surface area contributed by atoms with Crippen molar-refractivity contribution in [1.82, 2.24) is 4.31 Å². The van der Waals surface area contributed by atoms with E-state index >= 15 is 0 Å². The highest BCUT2D eigenvalue weighted by molar-refractivity contribution is 7.88. The predicted octanol–water partition coefficient (Wildman–Crippen LogP) is 5.14. The number of rotatable bonds is 5. The number of sulfonamides is 1. The summed E-state index contributed by atoms with van der Waals surface area (Å²) in [5.41, 5.74) is 2.07. The minimum absolute atomic E-state index is 0.148. The summed E-state index contributed by atoms with van der Waals surface area (Å²) >= 11 is 18.0. The monoisotopic (exact) mass is 474 g/mol. The van der Waals surface area contributed by atoms with E-state index in [0.29, 0.717) is 45.7 Å². The van der Waals surface area contributed by atoms with E-state index in [4.69, 9.17) is 34.8 Å². The number of nitrogens with one attached hydrogen (secondary N) is 1. The van der Waals surface area contributed by atoms with Crippen LogP contribution in [0.15, 0.2) is 36.4 Å². The lowest BCUT2D eigenvalue weighted by molar-refractivity contribution is -0.120. The molecule has 1 amide bonds. The van der Waals surface area contributed by atoms with Gasteiger partial charge in [-0.05, 0) is 55.2 Å². The summed E-state index contributed by atoms with van der Waals surface area (Å²) in [4.78, 5) is 12.7. The molecule has 9 heteroatoms. The van der Waals surface area contributed by atoms with Gasteiger partial charge in [-0.3, -0.25) is 4.79 Å². The molecule has 0 radical (unpaired) electrons. The average Bonchev–Trinajstić information content (AvgIpc) is 2.67. The van der Waals surface area contributed by atoms with Crippen LogP contribution in [0.2, 0.25) is 15.1 Å². The number of aryl methyl sites for hydroxylation is 1. The van der Waals surface area contributed by atoms with E-state index < -0.39 is 15.9 Å². The molecule has 29 heavy (non-hydrogen) atoms. The molecule has 2 aromatic carbocycles. The van der Waals surface area contributed by atoms with Gasteiger partial charge in [0.15, 0.2) is 0 Å². The van der Waals surface area contributed by atoms with Gasteiger partial charge in [0.25, 0.3) is 0 Å². The van der Waals surface area contributed by atoms with Crippen molar-refractivity contribution in [2.75, 3.05) is 18.4 Å². The molecule has 1 atom stereocenters. The molecule has 1 heterocycles. The van der Waals surface area contributed by atoms with Gasteiger partial charge < -0.3 is 5.32 Å². The van der Waals surface area contributed by atoms with Gasteiger partial charge in [-0.1, -0.05) is 46.9 Å². The molecule has 0 aliphatic carbocycles. The molecule has 0 spiro atoms. The number of halogens is 3. The molecule has 0 unspecified atom stereocenters. The number of carbonyl (C=O) groups is 1. The molecular weight excluding hydrogens is 455 g/mol. The van der Waals surface area contributed by atoms with E-state index in [2.05, 4.69) is 5.32 Å². The van der Waals surface area contributed by atoms with E-state index in [9.17, 15) is 13.2 Å². The number of hydrogen-bond donors (Lipinski definition) is 1. The zero-order chi connectivity index (χ0) is 21.2. The van der Waals surface area contributed by atoms with Gasteiger partial charge in [0.2, 0.25) is 15.9 Å². The van der Waals surface area contributed by atoms with Crippen LogP contribution < -0.4 is 5.32 Å². The van der Waals surface area contributed by atoms with Crippen LogP contribution in [-0.4, -0.2) is 31.7 Å². The Bertz CT molecular complexity index is 1030. The third-order valence-electron chi connectivity index (χ3n) is 4.92. The van der Waals surface area contributed by atoms with Gasteiger partial charge in [0.05, 0.1) is 21.7 Å². The molecule has 1 fully saturated rings. The summed E-state index contributed by atoms with van der Waals surface area (Å²) in [6.45, 7) is 2.42. The first-order valence-corrected chi connectivity index (χ1v) is 11.9. The fourth-order valence-corrected chi connectivity index (χ4v) is 5.35. The first kappa shape index (κ1) is 22.4. The molecular formula is C20H21Cl3N2O3S. The molecule has 1 saturated heterocycles. The average molecular weight is 476 g/mol. The van der Waals surface area contributed by atoms with Crippen LogP contribution in [0.1, 0.15) is 24.0 Å². The van der Waals surface area contributed by atoms with Gasteiger partial charge in [0.1, 0.15) is 0 Å². The van der Waals surface area contributed by atoms with E-state index in [-0.39, 0.29) is 18.2 Å². The van der Waals surface area contributed by atoms with E-state index in [1.807, 2.05) is 13.0 Å². The topological polar surface area (TPSA) is 66.5 Å². The van der Waals surface area contributed by atoms with Crippen molar-refractivity contribution in [3.8, 4) is 0 Å². The van der Waals surface area contributed by atoms with Crippen molar-refractivity contribution in [1.29, 1.82) is 0 Å². The largest absolute Gasteiger partial charge is 0.326 e. The molecule has 2 aromatic rings. The molecule has 0 saturated carbocycles. The summed E-state index contributed by atoms with van der Waals surface area (Å²) in [6.07, 6.45) is 1.25. The Kier molecular flexibility index (Phi) is 7.12. The van der Waals surface area contributed by atoms with Crippen molar-refractivity contribution in [2.45, 2.75) is 25.5 Å². The highest BCUT2D eigenvalue weighted by Gasteiger charge is 2.32. The second-order valence-corrected chi connectivity index (χ2v) is 10.3. The number of benzene rings is 2. The fraction of sp³-hybridized carbons (Fsp3) is 0.350. The number of amides is 1. The predicted molar refractivity (Wildman–Crippen MR) is 118 cm³/mol. The fourth-order valence-electron chi connectivity index (χ4n) is 3.26. The zero-order valence-electron chi connectivity index (χ0n) is 15.8. The molecule has 1 aliphatic rings. The SMILES string of the molecule is Cc1ccc(NC(=O)[C@H]2CCCN(S(=O)(=O)Cc3ccc(Cl)c(Cl)c3)C2)cc1Cl. The van der Waals surface area contributed by atoms with Gasteiger partial charge in [-0.2, -0.15) is 0 Å². The number of anilines is 1. The second-order valence-electron chi connectivity index (χ2n) is 7.16. The Morgan fingerprint density at radius 2 is 1.86 bits per heavy atom. The number of nitrogens with zero attached hydrogens (tertiary/aromatic N) is 1. The summed E-state index contributed by atoms with van der Waals surface area (Å²) in [5, 5.41) is 4.09. The maximum absolute atomic E-state index is 12.9. The molecule has 3 rings (SSSR count). The number of hydrogen-bond acceptors (Lipinski definition) is 3. The molecule has 0 bridgehead atoms. The quantitative estimate of drug-likeness (QED) is 0.651. The lowest BCUT2D eigenvalue weighted by Crippen LogP contribution is -2.44. The zero-order valence-corrected chi connectivity index (χ0v) is 18.9. The van der Waals surface area contributed by atoms with Crippen LogP contribution in [0.3, 0.4) is 0 Å². The third-order valence-corrected chi connectivity index (χ3v) is 7.88. The standard InChI is InChI=1S/C20H21Cl3N2O3S/c1-13-4-6-16(10-18(13)22)24-20(26)15-3-2-8-25(11-15)29(27,28)12-14-5-7-17(21)19(23)9-14/h4-7,9-10,15H,2-3,8,11-12H2,1H3,(H,24,26)/t15-/m0/s1. The Balaban J connectivity index is 1.67. The van der Waals surface area contributed by atoms with E-state index in [1.54, 1.807) is 30.3 Å². The highest BCUT2D eigenvalue weighted by Crippen LogP contribution is 2.27. The maximum atomic E-state index is 12.9. The summed E-state index contributed by atoms with van der Waals surface area (Å²) in [6, 6.07) is 10.1. The van der Waals surface area contributed by atoms with Gasteiger partial charge >= 0.3 is 0 Å². The van der Waals surface area contributed by atoms with Crippen molar-refractivity contribution in [2.24, 2.45) is 5.92 Å². The van der Waals surface area contributed by atoms with Crippen LogP contribution in [0.25, 0.3) is 0 Å². The minimum Gasteiger partial charge on any atom is -0.326 e. The molecule has 1 N–H and O–H groups in total. The Labute approximate surface area is 186 Å². The van der Waals surface area contributed by atoms with Crippen molar-refractivity contribution >= 4 is 56.4 Å². The van der Waals surface area contributed by atoms with Crippen molar-refractivity contribution < 1.29 is 13.2 Å². The van der Waals surface area contributed by atoms with Crippen molar-refractivity contribution in [3.63, 3.8) is 0 Å². The molecule has 1 aliphatic heterocycles. The normalized spacial score (nSPS) is 17.9. The molecule has 5 nitrogen and oxygen atoms in total. The first-order valence-electron chi connectivity index (χ1n) is 9.14. The van der Waals surface area contributed by atoms with Crippen molar-refractivity contribution in [3.05, 3.63) is 62.6 Å².